The quantitative estimate of drug-likeness (QED) is 0.857. The van der Waals surface area contributed by atoms with Crippen molar-refractivity contribution in [3.8, 4) is 0 Å². The first kappa shape index (κ1) is 12.4. The number of sulfonamides is 1. The molecule has 0 aliphatic rings. The molecule has 2 rings (SSSR count). The Bertz CT molecular complexity index is 611. The van der Waals surface area contributed by atoms with Crippen LogP contribution in [-0.4, -0.2) is 8.42 Å². The molecule has 0 saturated carbocycles. The zero-order valence-electron chi connectivity index (χ0n) is 8.80. The highest BCUT2D eigenvalue weighted by atomic mass is 127. The Kier molecular flexibility index (Phi) is 3.68. The molecule has 0 aromatic heterocycles. The summed E-state index contributed by atoms with van der Waals surface area (Å²) in [5.41, 5.74) is 0.594. The van der Waals surface area contributed by atoms with Gasteiger partial charge >= 0.3 is 0 Å². The third-order valence-electron chi connectivity index (χ3n) is 2.17. The Balaban J connectivity index is 2.34. The lowest BCUT2D eigenvalue weighted by atomic mass is 10.3. The van der Waals surface area contributed by atoms with Gasteiger partial charge in [0, 0.05) is 3.57 Å². The highest BCUT2D eigenvalue weighted by molar-refractivity contribution is 14.1. The predicted molar refractivity (Wildman–Crippen MR) is 76.4 cm³/mol. The largest absolute Gasteiger partial charge is 0.279 e. The van der Waals surface area contributed by atoms with E-state index in [0.717, 1.165) is 3.57 Å². The zero-order valence-corrected chi connectivity index (χ0v) is 11.8. The summed E-state index contributed by atoms with van der Waals surface area (Å²) in [6.07, 6.45) is 0. The second-order valence-corrected chi connectivity index (χ2v) is 6.24. The zero-order chi connectivity index (χ0) is 12.3. The molecule has 5 heteroatoms. The third kappa shape index (κ3) is 2.98. The second-order valence-electron chi connectivity index (χ2n) is 3.40. The van der Waals surface area contributed by atoms with Crippen LogP contribution in [0.1, 0.15) is 0 Å². The van der Waals surface area contributed by atoms with E-state index in [0.29, 0.717) is 5.69 Å². The summed E-state index contributed by atoms with van der Waals surface area (Å²) in [5, 5.41) is 0. The minimum Gasteiger partial charge on any atom is -0.279 e. The fraction of sp³-hybridized carbons (Fsp3) is 0. The van der Waals surface area contributed by atoms with E-state index >= 15 is 0 Å². The first-order valence-electron chi connectivity index (χ1n) is 4.92. The molecular formula is C12H10INO2S. The van der Waals surface area contributed by atoms with E-state index < -0.39 is 10.0 Å². The molecule has 1 N–H and O–H groups in total. The number of hydrogen-bond donors (Lipinski definition) is 1. The maximum absolute atomic E-state index is 12.0. The van der Waals surface area contributed by atoms with Crippen LogP contribution in [0.5, 0.6) is 0 Å². The van der Waals surface area contributed by atoms with Gasteiger partial charge in [-0.3, -0.25) is 4.72 Å². The first-order chi connectivity index (χ1) is 8.09. The number of hydrogen-bond acceptors (Lipinski definition) is 2. The number of halogens is 1. The number of benzene rings is 2. The van der Waals surface area contributed by atoms with Crippen LogP contribution >= 0.6 is 22.6 Å². The van der Waals surface area contributed by atoms with E-state index in [4.69, 9.17) is 0 Å². The van der Waals surface area contributed by atoms with Crippen LogP contribution in [0.4, 0.5) is 5.69 Å². The number of rotatable bonds is 3. The van der Waals surface area contributed by atoms with Crippen molar-refractivity contribution >= 4 is 38.3 Å². The lowest BCUT2D eigenvalue weighted by molar-refractivity contribution is 0.601. The van der Waals surface area contributed by atoms with Gasteiger partial charge in [0.15, 0.2) is 0 Å². The van der Waals surface area contributed by atoms with Gasteiger partial charge in [-0.05, 0) is 46.9 Å². The summed E-state index contributed by atoms with van der Waals surface area (Å²) in [6.45, 7) is 0. The number of para-hydroxylation sites is 1. The molecule has 0 unspecified atom stereocenters. The Morgan fingerprint density at radius 1 is 0.882 bits per heavy atom. The van der Waals surface area contributed by atoms with Crippen LogP contribution in [0.25, 0.3) is 0 Å². The summed E-state index contributed by atoms with van der Waals surface area (Å²) in [6, 6.07) is 15.6. The van der Waals surface area contributed by atoms with Crippen molar-refractivity contribution in [2.24, 2.45) is 0 Å². The third-order valence-corrected chi connectivity index (χ3v) is 4.49. The maximum atomic E-state index is 12.0. The van der Waals surface area contributed by atoms with Gasteiger partial charge in [-0.1, -0.05) is 30.3 Å². The Morgan fingerprint density at radius 2 is 1.47 bits per heavy atom. The molecule has 0 radical (unpaired) electrons. The lowest BCUT2D eigenvalue weighted by Crippen LogP contribution is -2.13. The minimum atomic E-state index is -3.49. The van der Waals surface area contributed by atoms with Crippen molar-refractivity contribution in [1.29, 1.82) is 0 Å². The summed E-state index contributed by atoms with van der Waals surface area (Å²) >= 11 is 2.09. The molecule has 88 valence electrons. The smallest absolute Gasteiger partial charge is 0.261 e. The molecule has 0 heterocycles. The Labute approximate surface area is 114 Å². The highest BCUT2D eigenvalue weighted by Gasteiger charge is 2.14. The molecule has 2 aromatic rings. The van der Waals surface area contributed by atoms with E-state index in [1.54, 1.807) is 42.5 Å². The molecule has 0 fully saturated rings. The monoisotopic (exact) mass is 359 g/mol. The van der Waals surface area contributed by atoms with E-state index in [1.807, 2.05) is 12.1 Å². The second kappa shape index (κ2) is 5.05. The molecule has 0 amide bonds. The van der Waals surface area contributed by atoms with Gasteiger partial charge in [0.1, 0.15) is 0 Å². The van der Waals surface area contributed by atoms with Crippen LogP contribution in [-0.2, 0) is 10.0 Å². The van der Waals surface area contributed by atoms with Gasteiger partial charge in [-0.25, -0.2) is 8.42 Å². The maximum Gasteiger partial charge on any atom is 0.261 e. The van der Waals surface area contributed by atoms with Gasteiger partial charge in [-0.15, -0.1) is 0 Å². The fourth-order valence-electron chi connectivity index (χ4n) is 1.35. The van der Waals surface area contributed by atoms with Crippen LogP contribution in [0.15, 0.2) is 59.5 Å². The minimum absolute atomic E-state index is 0.264. The molecule has 0 spiro atoms. The van der Waals surface area contributed by atoms with Crippen molar-refractivity contribution in [2.45, 2.75) is 4.90 Å². The molecule has 0 bridgehead atoms. The summed E-state index contributed by atoms with van der Waals surface area (Å²) in [7, 11) is -3.49. The predicted octanol–water partition coefficient (Wildman–Crippen LogP) is 3.09. The number of nitrogens with one attached hydrogen (secondary N) is 1. The molecule has 0 atom stereocenters. The highest BCUT2D eigenvalue weighted by Crippen LogP contribution is 2.20. The van der Waals surface area contributed by atoms with Gasteiger partial charge in [0.2, 0.25) is 0 Å². The standard InChI is InChI=1S/C12H10INO2S/c13-11-8-4-5-9-12(11)14-17(15,16)10-6-2-1-3-7-10/h1-9,14H. The van der Waals surface area contributed by atoms with Gasteiger partial charge in [-0.2, -0.15) is 0 Å². The Morgan fingerprint density at radius 3 is 2.12 bits per heavy atom. The molecule has 2 aromatic carbocycles. The SMILES string of the molecule is O=S(=O)(Nc1ccccc1I)c1ccccc1. The van der Waals surface area contributed by atoms with E-state index in [1.165, 1.54) is 0 Å². The summed E-state index contributed by atoms with van der Waals surface area (Å²) in [4.78, 5) is 0.264. The fourth-order valence-corrected chi connectivity index (χ4v) is 3.15. The van der Waals surface area contributed by atoms with Crippen molar-refractivity contribution < 1.29 is 8.42 Å². The number of anilines is 1. The van der Waals surface area contributed by atoms with E-state index in [2.05, 4.69) is 27.3 Å². The van der Waals surface area contributed by atoms with Crippen molar-refractivity contribution in [3.63, 3.8) is 0 Å². The molecular weight excluding hydrogens is 349 g/mol. The van der Waals surface area contributed by atoms with Crippen molar-refractivity contribution in [1.82, 2.24) is 0 Å². The van der Waals surface area contributed by atoms with E-state index in [9.17, 15) is 8.42 Å². The van der Waals surface area contributed by atoms with Crippen LogP contribution in [0.2, 0.25) is 0 Å². The Hall–Kier alpha value is -1.08. The van der Waals surface area contributed by atoms with Crippen LogP contribution in [0.3, 0.4) is 0 Å². The molecule has 17 heavy (non-hydrogen) atoms. The van der Waals surface area contributed by atoms with Crippen LogP contribution < -0.4 is 4.72 Å². The topological polar surface area (TPSA) is 46.2 Å². The average molecular weight is 359 g/mol. The average Bonchev–Trinajstić information content (AvgIpc) is 2.33. The normalized spacial score (nSPS) is 11.1. The van der Waals surface area contributed by atoms with Gasteiger partial charge in [0.25, 0.3) is 10.0 Å². The molecule has 3 nitrogen and oxygen atoms in total. The summed E-state index contributed by atoms with van der Waals surface area (Å²) in [5.74, 6) is 0. The summed E-state index contributed by atoms with van der Waals surface area (Å²) < 4.78 is 27.5. The molecule has 0 aliphatic heterocycles. The van der Waals surface area contributed by atoms with Crippen molar-refractivity contribution in [2.75, 3.05) is 4.72 Å². The lowest BCUT2D eigenvalue weighted by Gasteiger charge is -2.09. The van der Waals surface area contributed by atoms with Crippen molar-refractivity contribution in [3.05, 3.63) is 58.2 Å². The van der Waals surface area contributed by atoms with Crippen LogP contribution in [0, 0.1) is 3.57 Å². The van der Waals surface area contributed by atoms with Gasteiger partial charge < -0.3 is 0 Å². The molecule has 0 saturated heterocycles. The van der Waals surface area contributed by atoms with Gasteiger partial charge in [0.05, 0.1) is 10.6 Å². The van der Waals surface area contributed by atoms with E-state index in [-0.39, 0.29) is 4.90 Å². The first-order valence-corrected chi connectivity index (χ1v) is 7.48. The molecule has 0 aliphatic carbocycles.